The molecule has 1 N–H and O–H groups in total. The fraction of sp³-hybridized carbons (Fsp3) is 0.417. The van der Waals surface area contributed by atoms with E-state index in [1.54, 1.807) is 14.0 Å². The Morgan fingerprint density at radius 2 is 2.22 bits per heavy atom. The molecular weight excluding hydrogens is 236 g/mol. The van der Waals surface area contributed by atoms with Crippen molar-refractivity contribution in [3.63, 3.8) is 0 Å². The highest BCUT2D eigenvalue weighted by Gasteiger charge is 2.22. The van der Waals surface area contributed by atoms with Crippen LogP contribution in [0.15, 0.2) is 18.3 Å². The fourth-order valence-electron chi connectivity index (χ4n) is 1.63. The summed E-state index contributed by atoms with van der Waals surface area (Å²) >= 11 is 0. The van der Waals surface area contributed by atoms with E-state index >= 15 is 0 Å². The van der Waals surface area contributed by atoms with E-state index in [0.717, 1.165) is 0 Å². The molecule has 0 saturated carbocycles. The number of ether oxygens (including phenoxy) is 1. The first-order chi connectivity index (χ1) is 8.51. The molecule has 1 heterocycles. The highest BCUT2D eigenvalue weighted by molar-refractivity contribution is 5.90. The summed E-state index contributed by atoms with van der Waals surface area (Å²) in [6, 6.07) is 2.35. The second-order valence-electron chi connectivity index (χ2n) is 3.77. The predicted molar refractivity (Wildman–Crippen MR) is 65.7 cm³/mol. The molecule has 6 nitrogen and oxygen atoms in total. The number of rotatable bonds is 5. The minimum Gasteiger partial charge on any atom is -0.480 e. The van der Waals surface area contributed by atoms with E-state index in [1.807, 2.05) is 0 Å². The van der Waals surface area contributed by atoms with E-state index < -0.39 is 18.0 Å². The Labute approximate surface area is 105 Å². The van der Waals surface area contributed by atoms with Crippen molar-refractivity contribution >= 4 is 17.8 Å². The minimum atomic E-state index is -0.926. The van der Waals surface area contributed by atoms with Gasteiger partial charge in [0.05, 0.1) is 12.7 Å². The van der Waals surface area contributed by atoms with E-state index in [4.69, 9.17) is 5.11 Å². The maximum absolute atomic E-state index is 11.4. The Balaban J connectivity index is 3.02. The Bertz CT molecular complexity index is 447. The maximum Gasteiger partial charge on any atom is 0.338 e. The van der Waals surface area contributed by atoms with Crippen LogP contribution in [0.25, 0.3) is 0 Å². The number of carboxylic acid groups (broad SMARTS) is 1. The Morgan fingerprint density at radius 1 is 1.56 bits per heavy atom. The zero-order valence-electron chi connectivity index (χ0n) is 10.6. The number of carboxylic acids is 1. The highest BCUT2D eigenvalue weighted by Crippen LogP contribution is 2.16. The first-order valence-electron chi connectivity index (χ1n) is 5.51. The largest absolute Gasteiger partial charge is 0.480 e. The molecule has 1 aromatic rings. The van der Waals surface area contributed by atoms with Crippen molar-refractivity contribution in [3.8, 4) is 0 Å². The molecule has 0 spiro atoms. The third kappa shape index (κ3) is 2.97. The number of esters is 1. The summed E-state index contributed by atoms with van der Waals surface area (Å²) in [4.78, 5) is 28.0. The average Bonchev–Trinajstić information content (AvgIpc) is 2.38. The van der Waals surface area contributed by atoms with Crippen molar-refractivity contribution in [1.82, 2.24) is 4.98 Å². The number of carbonyl (C=O) groups excluding carboxylic acids is 1. The van der Waals surface area contributed by atoms with Gasteiger partial charge in [-0.3, -0.25) is 0 Å². The number of hydrogen-bond acceptors (Lipinski definition) is 5. The van der Waals surface area contributed by atoms with E-state index in [2.05, 4.69) is 9.72 Å². The molecule has 1 unspecified atom stereocenters. The number of carbonyl (C=O) groups is 2. The number of nitrogens with zero attached hydrogens (tertiary/aromatic N) is 2. The van der Waals surface area contributed by atoms with E-state index in [1.165, 1.54) is 30.3 Å². The zero-order valence-corrected chi connectivity index (χ0v) is 10.6. The molecule has 98 valence electrons. The van der Waals surface area contributed by atoms with Crippen LogP contribution < -0.4 is 4.90 Å². The lowest BCUT2D eigenvalue weighted by atomic mass is 10.2. The van der Waals surface area contributed by atoms with Gasteiger partial charge in [-0.15, -0.1) is 0 Å². The molecule has 1 aromatic heterocycles. The number of aliphatic carboxylic acids is 1. The summed E-state index contributed by atoms with van der Waals surface area (Å²) in [5.74, 6) is -0.979. The molecule has 0 radical (unpaired) electrons. The Hall–Kier alpha value is -2.11. The van der Waals surface area contributed by atoms with E-state index in [0.29, 0.717) is 17.8 Å². The smallest absolute Gasteiger partial charge is 0.338 e. The second-order valence-corrected chi connectivity index (χ2v) is 3.77. The summed E-state index contributed by atoms with van der Waals surface area (Å²) in [7, 11) is 2.92. The number of hydrogen-bond donors (Lipinski definition) is 1. The van der Waals surface area contributed by atoms with Crippen LogP contribution in [-0.4, -0.2) is 42.2 Å². The molecule has 0 bridgehead atoms. The molecular formula is C12H16N2O4. The van der Waals surface area contributed by atoms with Gasteiger partial charge in [0.2, 0.25) is 0 Å². The van der Waals surface area contributed by atoms with Crippen molar-refractivity contribution in [3.05, 3.63) is 23.9 Å². The molecule has 18 heavy (non-hydrogen) atoms. The molecule has 0 fully saturated rings. The number of aromatic nitrogens is 1. The van der Waals surface area contributed by atoms with Crippen LogP contribution in [0.2, 0.25) is 0 Å². The molecule has 0 saturated heterocycles. The quantitative estimate of drug-likeness (QED) is 0.792. The van der Waals surface area contributed by atoms with Gasteiger partial charge < -0.3 is 14.7 Å². The van der Waals surface area contributed by atoms with Gasteiger partial charge in [0, 0.05) is 13.2 Å². The van der Waals surface area contributed by atoms with Gasteiger partial charge in [-0.1, -0.05) is 6.92 Å². The fourth-order valence-corrected chi connectivity index (χ4v) is 1.63. The van der Waals surface area contributed by atoms with Crippen molar-refractivity contribution in [2.45, 2.75) is 19.4 Å². The van der Waals surface area contributed by atoms with Crippen LogP contribution in [0.5, 0.6) is 0 Å². The SMILES string of the molecule is CCC(C(=O)O)N(C)c1cc(C(=O)OC)ccn1. The summed E-state index contributed by atoms with van der Waals surface area (Å²) in [5.41, 5.74) is 0.342. The summed E-state index contributed by atoms with van der Waals surface area (Å²) < 4.78 is 4.60. The van der Waals surface area contributed by atoms with Crippen molar-refractivity contribution in [2.75, 3.05) is 19.1 Å². The van der Waals surface area contributed by atoms with Crippen LogP contribution in [-0.2, 0) is 9.53 Å². The van der Waals surface area contributed by atoms with Gasteiger partial charge in [0.25, 0.3) is 0 Å². The van der Waals surface area contributed by atoms with Gasteiger partial charge in [-0.05, 0) is 18.6 Å². The summed E-state index contributed by atoms with van der Waals surface area (Å²) in [6.07, 6.45) is 1.89. The van der Waals surface area contributed by atoms with Crippen LogP contribution in [0.3, 0.4) is 0 Å². The average molecular weight is 252 g/mol. The molecule has 0 aliphatic rings. The highest BCUT2D eigenvalue weighted by atomic mass is 16.5. The molecule has 0 aromatic carbocycles. The molecule has 0 amide bonds. The van der Waals surface area contributed by atoms with Gasteiger partial charge in [0.15, 0.2) is 0 Å². The Morgan fingerprint density at radius 3 is 2.72 bits per heavy atom. The third-order valence-electron chi connectivity index (χ3n) is 2.67. The van der Waals surface area contributed by atoms with E-state index in [9.17, 15) is 9.59 Å². The maximum atomic E-state index is 11.4. The summed E-state index contributed by atoms with van der Waals surface area (Å²) in [5, 5.41) is 9.07. The standard InChI is InChI=1S/C12H16N2O4/c1-4-9(11(15)16)14(2)10-7-8(5-6-13-10)12(17)18-3/h5-7,9H,4H2,1-3H3,(H,15,16). The van der Waals surface area contributed by atoms with Crippen molar-refractivity contribution in [1.29, 1.82) is 0 Å². The number of anilines is 1. The number of pyridine rings is 1. The lowest BCUT2D eigenvalue weighted by molar-refractivity contribution is -0.138. The van der Waals surface area contributed by atoms with Crippen LogP contribution in [0.1, 0.15) is 23.7 Å². The Kier molecular flexibility index (Phi) is 4.65. The molecule has 6 heteroatoms. The first kappa shape index (κ1) is 14.0. The van der Waals surface area contributed by atoms with Crippen LogP contribution in [0.4, 0.5) is 5.82 Å². The van der Waals surface area contributed by atoms with Crippen LogP contribution in [0, 0.1) is 0 Å². The molecule has 0 aliphatic heterocycles. The lowest BCUT2D eigenvalue weighted by Gasteiger charge is -2.24. The predicted octanol–water partition coefficient (Wildman–Crippen LogP) is 1.17. The lowest BCUT2D eigenvalue weighted by Crippen LogP contribution is -2.38. The monoisotopic (exact) mass is 252 g/mol. The van der Waals surface area contributed by atoms with E-state index in [-0.39, 0.29) is 0 Å². The second kappa shape index (κ2) is 6.00. The third-order valence-corrected chi connectivity index (χ3v) is 2.67. The molecule has 1 rings (SSSR count). The van der Waals surface area contributed by atoms with Gasteiger partial charge in [-0.25, -0.2) is 14.6 Å². The van der Waals surface area contributed by atoms with Gasteiger partial charge in [0.1, 0.15) is 11.9 Å². The normalized spacial score (nSPS) is 11.7. The molecule has 1 atom stereocenters. The topological polar surface area (TPSA) is 79.7 Å². The minimum absolute atomic E-state index is 0.342. The first-order valence-corrected chi connectivity index (χ1v) is 5.51. The number of likely N-dealkylation sites (N-methyl/N-ethyl adjacent to an activating group) is 1. The van der Waals surface area contributed by atoms with Gasteiger partial charge >= 0.3 is 11.9 Å². The van der Waals surface area contributed by atoms with Crippen LogP contribution >= 0.6 is 0 Å². The summed E-state index contributed by atoms with van der Waals surface area (Å²) in [6.45, 7) is 1.78. The zero-order chi connectivity index (χ0) is 13.7. The van der Waals surface area contributed by atoms with Crippen molar-refractivity contribution < 1.29 is 19.4 Å². The van der Waals surface area contributed by atoms with Gasteiger partial charge in [-0.2, -0.15) is 0 Å². The molecule has 0 aliphatic carbocycles. The number of methoxy groups -OCH3 is 1. The van der Waals surface area contributed by atoms with Crippen molar-refractivity contribution in [2.24, 2.45) is 0 Å².